The van der Waals surface area contributed by atoms with Crippen LogP contribution in [0.3, 0.4) is 0 Å². The summed E-state index contributed by atoms with van der Waals surface area (Å²) in [6, 6.07) is 15.6. The summed E-state index contributed by atoms with van der Waals surface area (Å²) in [7, 11) is 0. The Kier molecular flexibility index (Phi) is 5.43. The summed E-state index contributed by atoms with van der Waals surface area (Å²) in [5.41, 5.74) is 4.01. The maximum absolute atomic E-state index is 12.8. The van der Waals surface area contributed by atoms with Gasteiger partial charge in [0.15, 0.2) is 0 Å². The minimum absolute atomic E-state index is 0.353. The molecule has 5 nitrogen and oxygen atoms in total. The molecule has 2 N–H and O–H groups in total. The van der Waals surface area contributed by atoms with Crippen LogP contribution < -0.4 is 10.6 Å². The first kappa shape index (κ1) is 20.5. The van der Waals surface area contributed by atoms with E-state index in [0.29, 0.717) is 17.1 Å². The highest BCUT2D eigenvalue weighted by molar-refractivity contribution is 7.00. The van der Waals surface area contributed by atoms with Gasteiger partial charge in [-0.15, -0.1) is 0 Å². The van der Waals surface area contributed by atoms with Crippen molar-refractivity contribution in [3.63, 3.8) is 0 Å². The minimum Gasteiger partial charge on any atom is -0.355 e. The average Bonchev–Trinajstić information content (AvgIpc) is 3.22. The van der Waals surface area contributed by atoms with Crippen LogP contribution in [-0.2, 0) is 11.0 Å². The molecule has 1 aromatic heterocycles. The fraction of sp³-hybridized carbons (Fsp3) is 0.0455. The Morgan fingerprint density at radius 3 is 2.35 bits per heavy atom. The number of aromatic nitrogens is 2. The maximum Gasteiger partial charge on any atom is 0.416 e. The van der Waals surface area contributed by atoms with Crippen LogP contribution in [0, 0.1) is 0 Å². The zero-order chi connectivity index (χ0) is 22.0. The van der Waals surface area contributed by atoms with Crippen molar-refractivity contribution in [3.8, 4) is 11.1 Å². The van der Waals surface area contributed by atoms with E-state index in [1.807, 2.05) is 18.2 Å². The second-order valence-corrected chi connectivity index (χ2v) is 7.15. The van der Waals surface area contributed by atoms with Crippen LogP contribution in [0.25, 0.3) is 22.2 Å². The van der Waals surface area contributed by atoms with E-state index in [-0.39, 0.29) is 5.91 Å². The number of fused-ring (bicyclic) bond motifs is 1. The summed E-state index contributed by atoms with van der Waals surface area (Å²) in [6.07, 6.45) is -3.23. The van der Waals surface area contributed by atoms with E-state index < -0.39 is 11.7 Å². The highest BCUT2D eigenvalue weighted by Crippen LogP contribution is 2.35. The first-order chi connectivity index (χ1) is 14.8. The molecule has 0 bridgehead atoms. The zero-order valence-corrected chi connectivity index (χ0v) is 16.7. The van der Waals surface area contributed by atoms with Crippen LogP contribution in [0.1, 0.15) is 5.56 Å². The smallest absolute Gasteiger partial charge is 0.355 e. The van der Waals surface area contributed by atoms with Gasteiger partial charge in [-0.1, -0.05) is 12.6 Å². The van der Waals surface area contributed by atoms with Gasteiger partial charge in [-0.25, -0.2) is 0 Å². The van der Waals surface area contributed by atoms with Gasteiger partial charge in [-0.05, 0) is 66.2 Å². The summed E-state index contributed by atoms with van der Waals surface area (Å²) in [4.78, 5) is 11.7. The molecule has 9 heteroatoms. The molecule has 1 amide bonds. The van der Waals surface area contributed by atoms with Crippen LogP contribution in [0.15, 0.2) is 73.3 Å². The second kappa shape index (κ2) is 8.19. The van der Waals surface area contributed by atoms with Crippen molar-refractivity contribution >= 4 is 45.7 Å². The number of alkyl halides is 3. The van der Waals surface area contributed by atoms with E-state index in [1.54, 1.807) is 18.2 Å². The summed E-state index contributed by atoms with van der Waals surface area (Å²) < 4.78 is 47.0. The fourth-order valence-corrected chi connectivity index (χ4v) is 3.53. The molecule has 0 aliphatic carbocycles. The van der Waals surface area contributed by atoms with Gasteiger partial charge in [-0.2, -0.15) is 21.9 Å². The monoisotopic (exact) mass is 440 g/mol. The molecule has 4 rings (SSSR count). The predicted octanol–water partition coefficient (Wildman–Crippen LogP) is 6.25. The molecule has 3 aromatic carbocycles. The molecule has 31 heavy (non-hydrogen) atoms. The van der Waals surface area contributed by atoms with Crippen molar-refractivity contribution in [1.82, 2.24) is 8.75 Å². The zero-order valence-electron chi connectivity index (χ0n) is 15.9. The number of anilines is 3. The first-order valence-corrected chi connectivity index (χ1v) is 9.81. The van der Waals surface area contributed by atoms with E-state index in [2.05, 4.69) is 26.0 Å². The van der Waals surface area contributed by atoms with Gasteiger partial charge in [0.25, 0.3) is 0 Å². The van der Waals surface area contributed by atoms with Gasteiger partial charge in [-0.3, -0.25) is 4.79 Å². The standard InChI is InChI=1S/C22H15F3N4OS/c1-2-21(30)27-16-8-10-18(26-15-6-4-14(5-7-15)22(23,24)25)17(12-16)13-3-9-19-20(11-13)29-31-28-19/h2-12,26H,1H2,(H,27,30). The normalized spacial score (nSPS) is 11.3. The van der Waals surface area contributed by atoms with Gasteiger partial charge in [0, 0.05) is 22.6 Å². The lowest BCUT2D eigenvalue weighted by atomic mass is 10.0. The Labute approximate surface area is 179 Å². The number of halogens is 3. The number of amides is 1. The van der Waals surface area contributed by atoms with Gasteiger partial charge in [0.2, 0.25) is 5.91 Å². The van der Waals surface area contributed by atoms with Gasteiger partial charge in [0.05, 0.1) is 17.3 Å². The van der Waals surface area contributed by atoms with Crippen molar-refractivity contribution in [3.05, 3.63) is 78.9 Å². The van der Waals surface area contributed by atoms with Crippen LogP contribution in [0.2, 0.25) is 0 Å². The molecule has 0 atom stereocenters. The third kappa shape index (κ3) is 4.56. The first-order valence-electron chi connectivity index (χ1n) is 9.08. The number of rotatable bonds is 5. The lowest BCUT2D eigenvalue weighted by Crippen LogP contribution is -2.07. The number of carbonyl (C=O) groups excluding carboxylic acids is 1. The van der Waals surface area contributed by atoms with E-state index >= 15 is 0 Å². The lowest BCUT2D eigenvalue weighted by Gasteiger charge is -2.15. The molecule has 0 spiro atoms. The molecule has 0 aliphatic heterocycles. The molecular weight excluding hydrogens is 425 g/mol. The highest BCUT2D eigenvalue weighted by atomic mass is 32.1. The molecule has 0 fully saturated rings. The Balaban J connectivity index is 1.73. The van der Waals surface area contributed by atoms with Gasteiger partial charge < -0.3 is 10.6 Å². The van der Waals surface area contributed by atoms with E-state index in [0.717, 1.165) is 46.0 Å². The summed E-state index contributed by atoms with van der Waals surface area (Å²) >= 11 is 1.11. The number of hydrogen-bond donors (Lipinski definition) is 2. The fourth-order valence-electron chi connectivity index (χ4n) is 3.01. The molecular formula is C22H15F3N4OS. The Morgan fingerprint density at radius 1 is 0.935 bits per heavy atom. The molecule has 156 valence electrons. The van der Waals surface area contributed by atoms with Crippen LogP contribution in [-0.4, -0.2) is 14.7 Å². The molecule has 0 unspecified atom stereocenters. The van der Waals surface area contributed by atoms with E-state index in [4.69, 9.17) is 0 Å². The molecule has 4 aromatic rings. The number of carbonyl (C=O) groups is 1. The molecule has 0 saturated heterocycles. The quantitative estimate of drug-likeness (QED) is 0.360. The summed E-state index contributed by atoms with van der Waals surface area (Å²) in [5, 5.41) is 5.87. The van der Waals surface area contributed by atoms with E-state index in [9.17, 15) is 18.0 Å². The number of hydrogen-bond acceptors (Lipinski definition) is 5. The number of nitrogens with one attached hydrogen (secondary N) is 2. The second-order valence-electron chi connectivity index (χ2n) is 6.62. The third-order valence-electron chi connectivity index (χ3n) is 4.53. The Bertz CT molecular complexity index is 1270. The van der Waals surface area contributed by atoms with Crippen molar-refractivity contribution in [2.24, 2.45) is 0 Å². The topological polar surface area (TPSA) is 66.9 Å². The van der Waals surface area contributed by atoms with Crippen LogP contribution in [0.5, 0.6) is 0 Å². The molecule has 1 heterocycles. The SMILES string of the molecule is C=CC(=O)Nc1ccc(Nc2ccc(C(F)(F)F)cc2)c(-c2ccc3nsnc3c2)c1. The predicted molar refractivity (Wildman–Crippen MR) is 116 cm³/mol. The average molecular weight is 440 g/mol. The van der Waals surface area contributed by atoms with Crippen LogP contribution >= 0.6 is 11.7 Å². The third-order valence-corrected chi connectivity index (χ3v) is 5.09. The molecule has 0 saturated carbocycles. The lowest BCUT2D eigenvalue weighted by molar-refractivity contribution is -0.137. The number of nitrogens with zero attached hydrogens (tertiary/aromatic N) is 2. The van der Waals surface area contributed by atoms with Gasteiger partial charge in [0.1, 0.15) is 11.0 Å². The van der Waals surface area contributed by atoms with Crippen molar-refractivity contribution in [1.29, 1.82) is 0 Å². The minimum atomic E-state index is -4.40. The largest absolute Gasteiger partial charge is 0.416 e. The van der Waals surface area contributed by atoms with E-state index in [1.165, 1.54) is 18.2 Å². The van der Waals surface area contributed by atoms with Crippen molar-refractivity contribution in [2.75, 3.05) is 10.6 Å². The van der Waals surface area contributed by atoms with Crippen molar-refractivity contribution < 1.29 is 18.0 Å². The maximum atomic E-state index is 12.8. The Morgan fingerprint density at radius 2 is 1.65 bits per heavy atom. The van der Waals surface area contributed by atoms with Crippen LogP contribution in [0.4, 0.5) is 30.2 Å². The molecule has 0 radical (unpaired) electrons. The highest BCUT2D eigenvalue weighted by Gasteiger charge is 2.29. The summed E-state index contributed by atoms with van der Waals surface area (Å²) in [6.45, 7) is 3.44. The number of benzene rings is 3. The summed E-state index contributed by atoms with van der Waals surface area (Å²) in [5.74, 6) is -0.353. The van der Waals surface area contributed by atoms with Gasteiger partial charge >= 0.3 is 6.18 Å². The molecule has 0 aliphatic rings. The Hall–Kier alpha value is -3.72. The van der Waals surface area contributed by atoms with Crippen molar-refractivity contribution in [2.45, 2.75) is 6.18 Å².